The zero-order valence-corrected chi connectivity index (χ0v) is 17.7. The van der Waals surface area contributed by atoms with Gasteiger partial charge in [0, 0.05) is 0 Å². The van der Waals surface area contributed by atoms with Crippen molar-refractivity contribution >= 4 is 12.2 Å². The summed E-state index contributed by atoms with van der Waals surface area (Å²) < 4.78 is 5.44. The minimum Gasteiger partial charge on any atom is -0.482 e. The number of allylic oxidation sites excluding steroid dienone is 2. The maximum atomic E-state index is 10.8. The molecule has 1 aliphatic carbocycles. The lowest BCUT2D eigenvalue weighted by molar-refractivity contribution is -0.139. The summed E-state index contributed by atoms with van der Waals surface area (Å²) in [5, 5.41) is 13.1. The largest absolute Gasteiger partial charge is 0.482 e. The van der Waals surface area contributed by atoms with E-state index in [9.17, 15) is 4.79 Å². The molecular weight excluding hydrogens is 402 g/mol. The summed E-state index contributed by atoms with van der Waals surface area (Å²) >= 11 is 0. The fourth-order valence-electron chi connectivity index (χ4n) is 3.90. The molecule has 0 aromatic heterocycles. The molecule has 5 heteroatoms. The molecule has 3 aromatic carbocycles. The molecule has 0 spiro atoms. The summed E-state index contributed by atoms with van der Waals surface area (Å²) in [4.78, 5) is 16.7. The normalized spacial score (nSPS) is 14.5. The predicted molar refractivity (Wildman–Crippen MR) is 124 cm³/mol. The average Bonchev–Trinajstić information content (AvgIpc) is 2.83. The van der Waals surface area contributed by atoms with Crippen LogP contribution in [0.4, 0.5) is 0 Å². The molecule has 32 heavy (non-hydrogen) atoms. The number of nitrogens with zero attached hydrogens (tertiary/aromatic N) is 1. The zero-order valence-electron chi connectivity index (χ0n) is 17.7. The van der Waals surface area contributed by atoms with Crippen LogP contribution < -0.4 is 4.74 Å². The minimum atomic E-state index is -0.973. The number of rotatable bonds is 8. The topological polar surface area (TPSA) is 68.1 Å². The Labute approximate surface area is 187 Å². The van der Waals surface area contributed by atoms with E-state index in [0.29, 0.717) is 5.75 Å². The Hall–Kier alpha value is -3.86. The number of benzene rings is 3. The number of hydrogen-bond acceptors (Lipinski definition) is 4. The number of hydrogen-bond donors (Lipinski definition) is 1. The van der Waals surface area contributed by atoms with Crippen molar-refractivity contribution in [3.8, 4) is 5.75 Å². The number of fused-ring (bicyclic) bond motifs is 1. The number of carboxylic acids is 1. The van der Waals surface area contributed by atoms with Gasteiger partial charge in [0.15, 0.2) is 12.7 Å². The average molecular weight is 428 g/mol. The van der Waals surface area contributed by atoms with Crippen LogP contribution in [0.15, 0.2) is 95.7 Å². The first-order chi connectivity index (χ1) is 15.7. The van der Waals surface area contributed by atoms with Gasteiger partial charge in [-0.2, -0.15) is 0 Å². The lowest BCUT2D eigenvalue weighted by Gasteiger charge is -2.21. The molecule has 5 nitrogen and oxygen atoms in total. The molecule has 0 heterocycles. The first-order valence-corrected chi connectivity index (χ1v) is 10.6. The van der Waals surface area contributed by atoms with Gasteiger partial charge in [-0.15, -0.1) is 0 Å². The first-order valence-electron chi connectivity index (χ1n) is 10.6. The second-order valence-corrected chi connectivity index (χ2v) is 7.64. The van der Waals surface area contributed by atoms with E-state index in [1.807, 2.05) is 78.9 Å². The maximum Gasteiger partial charge on any atom is 0.341 e. The number of oxime groups is 1. The lowest BCUT2D eigenvalue weighted by Crippen LogP contribution is -2.13. The smallest absolute Gasteiger partial charge is 0.341 e. The van der Waals surface area contributed by atoms with Gasteiger partial charge >= 0.3 is 5.97 Å². The summed E-state index contributed by atoms with van der Waals surface area (Å²) in [6.07, 6.45) is 5.90. The standard InChI is InChI=1S/C27H25NO4/c29-26(30)19-31-25-13-7-12-23-18-20(14-15-24(23)25)16-17-28-32-27(21-8-3-1-4-9-21)22-10-5-2-6-11-22/h1-13,16-17,27H,14-15,18-19H2,(H,29,30). The van der Waals surface area contributed by atoms with Gasteiger partial charge in [-0.1, -0.05) is 83.5 Å². The van der Waals surface area contributed by atoms with Crippen LogP contribution in [0.3, 0.4) is 0 Å². The second-order valence-electron chi connectivity index (χ2n) is 7.64. The van der Waals surface area contributed by atoms with Crippen molar-refractivity contribution in [3.63, 3.8) is 0 Å². The van der Waals surface area contributed by atoms with E-state index in [1.165, 1.54) is 5.57 Å². The molecule has 4 rings (SSSR count). The van der Waals surface area contributed by atoms with Gasteiger partial charge in [0.1, 0.15) is 5.75 Å². The number of aliphatic carboxylic acids is 1. The summed E-state index contributed by atoms with van der Waals surface area (Å²) in [6.45, 7) is -0.326. The van der Waals surface area contributed by atoms with Crippen LogP contribution in [-0.4, -0.2) is 23.9 Å². The summed E-state index contributed by atoms with van der Waals surface area (Å²) in [6, 6.07) is 25.9. The van der Waals surface area contributed by atoms with Crippen LogP contribution in [0.25, 0.3) is 0 Å². The molecule has 0 fully saturated rings. The van der Waals surface area contributed by atoms with Crippen molar-refractivity contribution in [1.29, 1.82) is 0 Å². The zero-order chi connectivity index (χ0) is 22.2. The van der Waals surface area contributed by atoms with Gasteiger partial charge in [-0.3, -0.25) is 0 Å². The van der Waals surface area contributed by atoms with E-state index in [4.69, 9.17) is 14.7 Å². The van der Waals surface area contributed by atoms with Gasteiger partial charge in [0.05, 0.1) is 6.21 Å². The first kappa shape index (κ1) is 21.4. The third-order valence-electron chi connectivity index (χ3n) is 5.44. The molecule has 0 unspecified atom stereocenters. The van der Waals surface area contributed by atoms with E-state index in [-0.39, 0.29) is 12.7 Å². The molecule has 0 saturated carbocycles. The Morgan fingerprint density at radius 2 is 1.62 bits per heavy atom. The third kappa shape index (κ3) is 5.43. The van der Waals surface area contributed by atoms with Gasteiger partial charge in [-0.05, 0) is 53.7 Å². The molecular formula is C27H25NO4. The molecule has 0 saturated heterocycles. The Balaban J connectivity index is 1.44. The Kier molecular flexibility index (Phi) is 6.98. The van der Waals surface area contributed by atoms with Crippen LogP contribution in [0.5, 0.6) is 5.75 Å². The molecule has 0 radical (unpaired) electrons. The lowest BCUT2D eigenvalue weighted by atomic mass is 9.87. The Morgan fingerprint density at radius 1 is 0.938 bits per heavy atom. The highest BCUT2D eigenvalue weighted by atomic mass is 16.6. The van der Waals surface area contributed by atoms with E-state index in [1.54, 1.807) is 6.21 Å². The summed E-state index contributed by atoms with van der Waals surface area (Å²) in [7, 11) is 0. The highest BCUT2D eigenvalue weighted by Gasteiger charge is 2.18. The SMILES string of the molecule is O=C(O)COc1cccc2c1CCC(=CC=NOC(c1ccccc1)c1ccccc1)C2. The second kappa shape index (κ2) is 10.4. The maximum absolute atomic E-state index is 10.8. The van der Waals surface area contributed by atoms with Crippen molar-refractivity contribution in [2.24, 2.45) is 5.16 Å². The van der Waals surface area contributed by atoms with Crippen LogP contribution in [-0.2, 0) is 22.5 Å². The Morgan fingerprint density at radius 3 is 2.28 bits per heavy atom. The van der Waals surface area contributed by atoms with E-state index in [0.717, 1.165) is 41.5 Å². The highest BCUT2D eigenvalue weighted by molar-refractivity contribution is 5.72. The van der Waals surface area contributed by atoms with Gasteiger partial charge in [-0.25, -0.2) is 4.79 Å². The molecule has 3 aromatic rings. The highest BCUT2D eigenvalue weighted by Crippen LogP contribution is 2.32. The molecule has 0 amide bonds. The van der Waals surface area contributed by atoms with E-state index in [2.05, 4.69) is 11.2 Å². The minimum absolute atomic E-state index is 0.270. The van der Waals surface area contributed by atoms with E-state index < -0.39 is 5.97 Å². The number of carboxylic acid groups (broad SMARTS) is 1. The fraction of sp³-hybridized carbons (Fsp3) is 0.185. The number of ether oxygens (including phenoxy) is 1. The molecule has 0 aliphatic heterocycles. The van der Waals surface area contributed by atoms with Crippen LogP contribution >= 0.6 is 0 Å². The molecule has 0 bridgehead atoms. The van der Waals surface area contributed by atoms with Crippen LogP contribution in [0.1, 0.15) is 34.8 Å². The van der Waals surface area contributed by atoms with E-state index >= 15 is 0 Å². The molecule has 0 atom stereocenters. The molecule has 1 aliphatic rings. The van der Waals surface area contributed by atoms with Crippen LogP contribution in [0, 0.1) is 0 Å². The predicted octanol–water partition coefficient (Wildman–Crippen LogP) is 5.36. The van der Waals surface area contributed by atoms with Crippen molar-refractivity contribution in [3.05, 3.63) is 113 Å². The van der Waals surface area contributed by atoms with Gasteiger partial charge < -0.3 is 14.7 Å². The van der Waals surface area contributed by atoms with Crippen molar-refractivity contribution in [1.82, 2.24) is 0 Å². The Bertz CT molecular complexity index is 1070. The van der Waals surface area contributed by atoms with Gasteiger partial charge in [0.2, 0.25) is 0 Å². The van der Waals surface area contributed by atoms with Crippen molar-refractivity contribution < 1.29 is 19.5 Å². The third-order valence-corrected chi connectivity index (χ3v) is 5.44. The van der Waals surface area contributed by atoms with Gasteiger partial charge in [0.25, 0.3) is 0 Å². The quantitative estimate of drug-likeness (QED) is 0.388. The summed E-state index contributed by atoms with van der Waals surface area (Å²) in [5.41, 5.74) is 5.59. The number of carbonyl (C=O) groups is 1. The molecule has 162 valence electrons. The van der Waals surface area contributed by atoms with Crippen LogP contribution in [0.2, 0.25) is 0 Å². The monoisotopic (exact) mass is 427 g/mol. The summed E-state index contributed by atoms with van der Waals surface area (Å²) in [5.74, 6) is -0.311. The van der Waals surface area contributed by atoms with Crippen molar-refractivity contribution in [2.45, 2.75) is 25.4 Å². The van der Waals surface area contributed by atoms with Crippen molar-refractivity contribution in [2.75, 3.05) is 6.61 Å². The fourth-order valence-corrected chi connectivity index (χ4v) is 3.90. The molecule has 1 N–H and O–H groups in total.